The van der Waals surface area contributed by atoms with Gasteiger partial charge >= 0.3 is 5.97 Å². The highest BCUT2D eigenvalue weighted by molar-refractivity contribution is 6.01. The van der Waals surface area contributed by atoms with Crippen LogP contribution in [-0.4, -0.2) is 173 Å². The van der Waals surface area contributed by atoms with Crippen LogP contribution in [0.2, 0.25) is 0 Å². The van der Waals surface area contributed by atoms with Crippen LogP contribution < -0.4 is 48.3 Å². The highest BCUT2D eigenvalue weighted by Gasteiger charge is 2.49. The van der Waals surface area contributed by atoms with Crippen LogP contribution in [0.1, 0.15) is 117 Å². The van der Waals surface area contributed by atoms with Gasteiger partial charge in [-0.25, -0.2) is 13.8 Å². The number of hydrogen-bond donors (Lipinski definition) is 14. The molecule has 10 amide bonds. The summed E-state index contributed by atoms with van der Waals surface area (Å²) < 4.78 is 29.5. The summed E-state index contributed by atoms with van der Waals surface area (Å²) in [5.41, 5.74) is 7.06. The fourth-order valence-electron chi connectivity index (χ4n) is 13.1. The molecular formula is C73H84F2N14O15. The van der Waals surface area contributed by atoms with E-state index in [2.05, 4.69) is 62.5 Å². The lowest BCUT2D eigenvalue weighted by molar-refractivity contribution is -0.147. The van der Waals surface area contributed by atoms with Crippen LogP contribution in [0.15, 0.2) is 110 Å². The molecule has 9 atom stereocenters. The zero-order valence-electron chi connectivity index (χ0n) is 57.5. The van der Waals surface area contributed by atoms with Crippen molar-refractivity contribution in [2.75, 3.05) is 19.6 Å². The van der Waals surface area contributed by atoms with Crippen molar-refractivity contribution >= 4 is 98.4 Å². The van der Waals surface area contributed by atoms with Crippen molar-refractivity contribution in [3.8, 4) is 5.75 Å². The normalized spacial score (nSPS) is 23.3. The van der Waals surface area contributed by atoms with Gasteiger partial charge in [0.05, 0.1) is 25.3 Å². The number of hydrogen-bond acceptors (Lipinski definition) is 15. The largest absolute Gasteiger partial charge is 0.508 e. The molecule has 3 aliphatic heterocycles. The van der Waals surface area contributed by atoms with Gasteiger partial charge in [-0.05, 0) is 136 Å². The van der Waals surface area contributed by atoms with Gasteiger partial charge in [0.25, 0.3) is 5.91 Å². The van der Waals surface area contributed by atoms with E-state index in [1.165, 1.54) is 117 Å². The Labute approximate surface area is 595 Å². The number of ketones is 2. The number of aromatic hydroxyl groups is 1. The first kappa shape index (κ1) is 76.5. The molecule has 29 nitrogen and oxygen atoms in total. The number of aromatic nitrogens is 4. The minimum Gasteiger partial charge on any atom is -0.508 e. The summed E-state index contributed by atoms with van der Waals surface area (Å²) in [6.07, 6.45) is 4.04. The number of aliphatic carboxylic acids is 1. The summed E-state index contributed by atoms with van der Waals surface area (Å²) in [7, 11) is 0. The first-order valence-corrected chi connectivity index (χ1v) is 34.2. The molecule has 550 valence electrons. The van der Waals surface area contributed by atoms with Crippen molar-refractivity contribution in [1.82, 2.24) is 67.4 Å². The maximum absolute atomic E-state index is 15.2. The molecule has 4 aromatic carbocycles. The maximum atomic E-state index is 15.2. The number of phenolic OH excluding ortho intramolecular Hbond substituents is 1. The summed E-state index contributed by atoms with van der Waals surface area (Å²) in [6, 6.07) is 10.1. The molecule has 2 bridgehead atoms. The monoisotopic (exact) mass is 1430 g/mol. The smallest absolute Gasteiger partial charge is 0.305 e. The van der Waals surface area contributed by atoms with E-state index in [1.54, 1.807) is 12.1 Å². The minimum atomic E-state index is -2.03. The molecule has 0 radical (unpaired) electrons. The standard InChI is InChI=1S/C73H84F2N14O15/c1-39(90)24-44-8-5-4-6-22-78-66(98)43-13-9-41(10-14-43)25-57(64(76)96)88-72(104)73(3)21-7-23-89(73)71(103)60(26-42-11-17-51(91)18-12-42)87-69(101)58(32-50-36-77-38-82-50)86-70(102)59(33-63(94)95)85-68(100)45(27-46-34-80-55-31-49(75)15-19-52(46)55)29-61(92)56(28-47-35-79-54-20-16-48(74)30-53(47)54)84-62(93)37-81-65(97)40(2)83-67(44)99/h9-20,30-31,34-36,38,40,44-45,56-60,79-80,91H,4-8,21-29,32-33,37H2,1-3H3,(H2,76,96)(H,77,82)(H,78,98)(H,81,97)(H,83,99)(H,84,93)(H,85,100)(H,86,102)(H,87,101)(H,88,104)(H,94,95)/t40-,44+,45+,56-,57-,58-,59-,60-,73-/m0/s1. The molecule has 1 fully saturated rings. The van der Waals surface area contributed by atoms with Crippen molar-refractivity contribution in [2.45, 2.75) is 152 Å². The van der Waals surface area contributed by atoms with E-state index in [0.29, 0.717) is 57.8 Å². The highest BCUT2D eigenvalue weighted by Crippen LogP contribution is 2.32. The third-order valence-corrected chi connectivity index (χ3v) is 18.8. The molecule has 6 heterocycles. The van der Waals surface area contributed by atoms with E-state index in [4.69, 9.17) is 5.73 Å². The topological polar surface area (TPSA) is 448 Å². The second kappa shape index (κ2) is 34.8. The summed E-state index contributed by atoms with van der Waals surface area (Å²) in [6.45, 7) is 3.60. The van der Waals surface area contributed by atoms with Crippen molar-refractivity contribution < 1.29 is 81.3 Å². The molecule has 0 saturated carbocycles. The minimum absolute atomic E-state index is 0.0221. The number of H-pyrrole nitrogens is 3. The lowest BCUT2D eigenvalue weighted by atomic mass is 9.89. The van der Waals surface area contributed by atoms with Crippen LogP contribution in [0, 0.1) is 23.5 Å². The van der Waals surface area contributed by atoms with E-state index in [1.807, 2.05) is 0 Å². The summed E-state index contributed by atoms with van der Waals surface area (Å²) in [5, 5.41) is 42.3. The van der Waals surface area contributed by atoms with E-state index >= 15 is 19.2 Å². The van der Waals surface area contributed by atoms with Gasteiger partial charge in [0.2, 0.25) is 53.2 Å². The number of phenols is 1. The fourth-order valence-corrected chi connectivity index (χ4v) is 13.1. The number of carbonyl (C=O) groups is 13. The quantitative estimate of drug-likeness (QED) is 0.0738. The molecular weight excluding hydrogens is 1350 g/mol. The number of halogens is 2. The Balaban J connectivity index is 1.05. The number of benzene rings is 4. The van der Waals surface area contributed by atoms with E-state index in [0.717, 1.165) is 6.07 Å². The Morgan fingerprint density at radius 2 is 1.31 bits per heavy atom. The molecule has 15 N–H and O–H groups in total. The van der Waals surface area contributed by atoms with Gasteiger partial charge in [0.15, 0.2) is 5.78 Å². The van der Waals surface area contributed by atoms with Crippen LogP contribution in [0.5, 0.6) is 5.75 Å². The first-order chi connectivity index (χ1) is 49.6. The van der Waals surface area contributed by atoms with Gasteiger partial charge < -0.3 is 83.1 Å². The Hall–Kier alpha value is -11.7. The van der Waals surface area contributed by atoms with Gasteiger partial charge in [-0.3, -0.25) is 57.5 Å². The summed E-state index contributed by atoms with van der Waals surface area (Å²) >= 11 is 0. The number of Topliss-reactive ketones (excluding diaryl/α,β-unsaturated/α-hetero) is 2. The average molecular weight is 1440 g/mol. The highest BCUT2D eigenvalue weighted by atomic mass is 19.1. The number of nitrogens with zero attached hydrogens (tertiary/aromatic N) is 2. The van der Waals surface area contributed by atoms with Gasteiger partial charge in [0, 0.05) is 115 Å². The van der Waals surface area contributed by atoms with Crippen molar-refractivity contribution in [2.24, 2.45) is 17.6 Å². The molecule has 104 heavy (non-hydrogen) atoms. The van der Waals surface area contributed by atoms with E-state index < -0.39 is 162 Å². The fraction of sp³-hybridized carbons (Fsp3) is 0.397. The number of fused-ring (bicyclic) bond motifs is 36. The number of primary amides is 1. The number of carboxylic acids is 1. The SMILES string of the molecule is CC(=O)C[C@H]1CCCCCNC(=O)c2ccc(cc2)C[C@@H](C(N)=O)NC(=O)[C@]2(C)CCCN2C(=O)[C@H](Cc2ccc(O)cc2)NC(=O)[C@H](Cc2cnc[nH]2)NC(=O)[C@H](CC(=O)O)NC(=O)[C@H](Cc2c[nH]c3cc(F)ccc23)CC(=O)[C@H](Cc2c[nH]c3ccc(F)cc23)NC(=O)CNC(=O)[C@H](C)NC1=O. The Kier molecular flexibility index (Phi) is 25.6. The lowest BCUT2D eigenvalue weighted by Gasteiger charge is -2.37. The van der Waals surface area contributed by atoms with Crippen LogP contribution >= 0.6 is 0 Å². The zero-order valence-corrected chi connectivity index (χ0v) is 57.5. The maximum Gasteiger partial charge on any atom is 0.305 e. The first-order valence-electron chi connectivity index (χ1n) is 34.2. The Morgan fingerprint density at radius 3 is 2.01 bits per heavy atom. The molecule has 0 aliphatic carbocycles. The molecule has 3 aliphatic rings. The van der Waals surface area contributed by atoms with Crippen LogP contribution in [0.25, 0.3) is 21.8 Å². The van der Waals surface area contributed by atoms with Gasteiger partial charge in [-0.15, -0.1) is 0 Å². The molecule has 7 aromatic rings. The lowest BCUT2D eigenvalue weighted by Crippen LogP contribution is -2.63. The molecule has 0 unspecified atom stereocenters. The third-order valence-electron chi connectivity index (χ3n) is 18.8. The molecule has 1 saturated heterocycles. The number of carbonyl (C=O) groups excluding carboxylic acids is 12. The van der Waals surface area contributed by atoms with Gasteiger partial charge in [-0.1, -0.05) is 37.1 Å². The third kappa shape index (κ3) is 20.3. The predicted octanol–water partition coefficient (Wildman–Crippen LogP) is 2.73. The second-order valence-corrected chi connectivity index (χ2v) is 26.7. The molecule has 31 heteroatoms. The number of aromatic amines is 3. The Morgan fingerprint density at radius 1 is 0.635 bits per heavy atom. The number of imidazole rings is 1. The van der Waals surface area contributed by atoms with Crippen molar-refractivity contribution in [1.29, 1.82) is 0 Å². The number of nitrogens with two attached hydrogens (primary N) is 1. The van der Waals surface area contributed by atoms with Crippen molar-refractivity contribution in [3.63, 3.8) is 0 Å². The Bertz CT molecular complexity index is 4350. The number of amides is 10. The van der Waals surface area contributed by atoms with Crippen LogP contribution in [0.3, 0.4) is 0 Å². The second-order valence-electron chi connectivity index (χ2n) is 26.7. The number of nitrogens with one attached hydrogen (secondary N) is 11. The van der Waals surface area contributed by atoms with Crippen molar-refractivity contribution in [3.05, 3.63) is 155 Å². The summed E-state index contributed by atoms with van der Waals surface area (Å²) in [4.78, 5) is 197. The van der Waals surface area contributed by atoms with E-state index in [9.17, 15) is 62.1 Å². The molecule has 10 rings (SSSR count). The number of rotatable bonds is 13. The van der Waals surface area contributed by atoms with E-state index in [-0.39, 0.29) is 92.8 Å². The van der Waals surface area contributed by atoms with Crippen LogP contribution in [0.4, 0.5) is 8.78 Å². The molecule has 0 spiro atoms. The zero-order chi connectivity index (χ0) is 74.9. The molecule has 3 aromatic heterocycles. The average Bonchev–Trinajstić information content (AvgIpc) is 1.87. The van der Waals surface area contributed by atoms with Crippen LogP contribution in [-0.2, 0) is 89.6 Å². The number of carboxylic acid groups (broad SMARTS) is 1. The summed E-state index contributed by atoms with van der Waals surface area (Å²) in [5.74, 6) is -15.2. The predicted molar refractivity (Wildman–Crippen MR) is 372 cm³/mol. The van der Waals surface area contributed by atoms with Gasteiger partial charge in [0.1, 0.15) is 58.9 Å². The van der Waals surface area contributed by atoms with Gasteiger partial charge in [-0.2, -0.15) is 0 Å².